The van der Waals surface area contributed by atoms with Gasteiger partial charge in [0.05, 0.1) is 22.5 Å². The fraction of sp³-hybridized carbons (Fsp3) is 0.118. The van der Waals surface area contributed by atoms with Gasteiger partial charge in [0.25, 0.3) is 0 Å². The number of aromatic amines is 1. The Hall–Kier alpha value is -2.73. The second kappa shape index (κ2) is 6.41. The summed E-state index contributed by atoms with van der Waals surface area (Å²) in [6, 6.07) is 5.44. The molecular formula is C17H13ClFN3O2. The second-order valence-electron chi connectivity index (χ2n) is 5.35. The molecule has 122 valence electrons. The monoisotopic (exact) mass is 345 g/mol. The van der Waals surface area contributed by atoms with Crippen LogP contribution >= 0.6 is 11.6 Å². The van der Waals surface area contributed by atoms with Crippen molar-refractivity contribution >= 4 is 23.2 Å². The predicted octanol–water partition coefficient (Wildman–Crippen LogP) is 3.20. The summed E-state index contributed by atoms with van der Waals surface area (Å²) in [5, 5.41) is 4.03. The maximum Gasteiger partial charge on any atom is 0.199 e. The normalized spacial score (nSPS) is 10.8. The van der Waals surface area contributed by atoms with Crippen molar-refractivity contribution in [1.82, 2.24) is 14.8 Å². The van der Waals surface area contributed by atoms with E-state index in [1.807, 2.05) is 0 Å². The molecule has 7 heteroatoms. The van der Waals surface area contributed by atoms with Crippen molar-refractivity contribution in [1.29, 1.82) is 0 Å². The molecule has 0 aliphatic rings. The largest absolute Gasteiger partial charge is 0.358 e. The lowest BCUT2D eigenvalue weighted by Gasteiger charge is -2.02. The Labute approximate surface area is 142 Å². The number of aryl methyl sites for hydroxylation is 1. The van der Waals surface area contributed by atoms with Crippen molar-refractivity contribution in [3.63, 3.8) is 0 Å². The van der Waals surface area contributed by atoms with Crippen LogP contribution in [-0.4, -0.2) is 26.3 Å². The van der Waals surface area contributed by atoms with Gasteiger partial charge in [-0.2, -0.15) is 5.10 Å². The molecule has 0 saturated heterocycles. The van der Waals surface area contributed by atoms with Crippen LogP contribution in [0.1, 0.15) is 32.0 Å². The van der Waals surface area contributed by atoms with E-state index in [-0.39, 0.29) is 34.0 Å². The summed E-state index contributed by atoms with van der Waals surface area (Å²) >= 11 is 5.91. The molecule has 0 saturated carbocycles. The van der Waals surface area contributed by atoms with Crippen LogP contribution in [0.3, 0.4) is 0 Å². The zero-order valence-corrected chi connectivity index (χ0v) is 13.5. The fourth-order valence-corrected chi connectivity index (χ4v) is 2.64. The maximum atomic E-state index is 13.9. The molecule has 0 amide bonds. The van der Waals surface area contributed by atoms with Crippen molar-refractivity contribution in [3.05, 3.63) is 76.1 Å². The minimum Gasteiger partial charge on any atom is -0.358 e. The molecule has 0 aliphatic heterocycles. The predicted molar refractivity (Wildman–Crippen MR) is 86.9 cm³/mol. The van der Waals surface area contributed by atoms with E-state index >= 15 is 0 Å². The highest BCUT2D eigenvalue weighted by Crippen LogP contribution is 2.23. The molecule has 1 N–H and O–H groups in total. The van der Waals surface area contributed by atoms with E-state index in [9.17, 15) is 14.0 Å². The molecule has 1 aromatic carbocycles. The quantitative estimate of drug-likeness (QED) is 0.722. The topological polar surface area (TPSA) is 67.8 Å². The highest BCUT2D eigenvalue weighted by atomic mass is 35.5. The Bertz CT molecular complexity index is 909. The van der Waals surface area contributed by atoms with Crippen molar-refractivity contribution in [2.24, 2.45) is 7.05 Å². The Morgan fingerprint density at radius 3 is 2.83 bits per heavy atom. The van der Waals surface area contributed by atoms with Gasteiger partial charge >= 0.3 is 0 Å². The molecule has 5 nitrogen and oxygen atoms in total. The third-order valence-electron chi connectivity index (χ3n) is 3.56. The van der Waals surface area contributed by atoms with Crippen molar-refractivity contribution in [2.75, 3.05) is 0 Å². The highest BCUT2D eigenvalue weighted by molar-refractivity contribution is 6.35. The van der Waals surface area contributed by atoms with E-state index in [2.05, 4.69) is 10.1 Å². The van der Waals surface area contributed by atoms with Crippen LogP contribution in [0.5, 0.6) is 0 Å². The van der Waals surface area contributed by atoms with Crippen molar-refractivity contribution in [2.45, 2.75) is 6.42 Å². The number of H-pyrrole nitrogens is 1. The number of halogens is 2. The first-order valence-electron chi connectivity index (χ1n) is 7.13. The molecule has 0 aliphatic carbocycles. The molecule has 0 fully saturated rings. The third kappa shape index (κ3) is 3.14. The molecule has 0 atom stereocenters. The summed E-state index contributed by atoms with van der Waals surface area (Å²) in [6.45, 7) is 0. The van der Waals surface area contributed by atoms with Crippen LogP contribution in [0.15, 0.2) is 42.9 Å². The van der Waals surface area contributed by atoms with Crippen LogP contribution in [0.4, 0.5) is 4.39 Å². The fourth-order valence-electron chi connectivity index (χ4n) is 2.39. The molecule has 0 bridgehead atoms. The minimum atomic E-state index is -0.697. The number of carbonyl (C=O) groups excluding carboxylic acids is 2. The number of nitrogens with one attached hydrogen (secondary N) is 1. The van der Waals surface area contributed by atoms with E-state index in [1.54, 1.807) is 24.1 Å². The van der Waals surface area contributed by atoms with Gasteiger partial charge in [-0.15, -0.1) is 0 Å². The molecule has 3 rings (SSSR count). The minimum absolute atomic E-state index is 0.0319. The molecular weight excluding hydrogens is 333 g/mol. The number of hydrogen-bond acceptors (Lipinski definition) is 3. The zero-order valence-electron chi connectivity index (χ0n) is 12.7. The smallest absolute Gasteiger partial charge is 0.199 e. The van der Waals surface area contributed by atoms with Gasteiger partial charge in [-0.25, -0.2) is 4.39 Å². The lowest BCUT2D eigenvalue weighted by Crippen LogP contribution is -2.05. The molecule has 2 aromatic heterocycles. The Morgan fingerprint density at radius 2 is 2.17 bits per heavy atom. The molecule has 0 spiro atoms. The lowest BCUT2D eigenvalue weighted by molar-refractivity contribution is 0.0988. The van der Waals surface area contributed by atoms with Gasteiger partial charge in [0.15, 0.2) is 11.6 Å². The zero-order chi connectivity index (χ0) is 17.3. The van der Waals surface area contributed by atoms with Gasteiger partial charge in [-0.1, -0.05) is 17.7 Å². The number of ketones is 2. The van der Waals surface area contributed by atoms with Gasteiger partial charge in [-0.3, -0.25) is 14.3 Å². The average Bonchev–Trinajstić information content (AvgIpc) is 3.16. The van der Waals surface area contributed by atoms with Crippen LogP contribution in [-0.2, 0) is 13.5 Å². The van der Waals surface area contributed by atoms with E-state index < -0.39 is 11.6 Å². The molecule has 0 radical (unpaired) electrons. The first-order valence-corrected chi connectivity index (χ1v) is 7.51. The van der Waals surface area contributed by atoms with E-state index in [0.29, 0.717) is 0 Å². The van der Waals surface area contributed by atoms with Crippen molar-refractivity contribution < 1.29 is 14.0 Å². The number of carbonyl (C=O) groups is 2. The second-order valence-corrected chi connectivity index (χ2v) is 5.76. The van der Waals surface area contributed by atoms with E-state index in [1.165, 1.54) is 30.5 Å². The number of aromatic nitrogens is 3. The maximum absolute atomic E-state index is 13.9. The SMILES string of the molecule is Cn1cc(CC(=O)c2cc(C(=O)c3c(F)cccc3Cl)c[nH]2)cn1. The summed E-state index contributed by atoms with van der Waals surface area (Å²) < 4.78 is 15.5. The van der Waals surface area contributed by atoms with Gasteiger partial charge in [0.2, 0.25) is 0 Å². The van der Waals surface area contributed by atoms with Crippen molar-refractivity contribution in [3.8, 4) is 0 Å². The highest BCUT2D eigenvalue weighted by Gasteiger charge is 2.20. The summed E-state index contributed by atoms with van der Waals surface area (Å²) in [5.74, 6) is -1.46. The summed E-state index contributed by atoms with van der Waals surface area (Å²) in [6.07, 6.45) is 4.88. The molecule has 24 heavy (non-hydrogen) atoms. The van der Waals surface area contributed by atoms with Gasteiger partial charge in [0.1, 0.15) is 5.82 Å². The van der Waals surface area contributed by atoms with E-state index in [4.69, 9.17) is 11.6 Å². The standard InChI is InChI=1S/C17H13ClFN3O2/c1-22-9-10(7-21-22)5-15(23)14-6-11(8-20-14)17(24)16-12(18)3-2-4-13(16)19/h2-4,6-9,20H,5H2,1H3. The first kappa shape index (κ1) is 16.1. The number of Topliss-reactive ketones (excluding diaryl/α,β-unsaturated/α-hetero) is 1. The van der Waals surface area contributed by atoms with Gasteiger partial charge in [-0.05, 0) is 23.8 Å². The number of rotatable bonds is 5. The van der Waals surface area contributed by atoms with Crippen LogP contribution in [0.2, 0.25) is 5.02 Å². The Morgan fingerprint density at radius 1 is 1.38 bits per heavy atom. The summed E-state index contributed by atoms with van der Waals surface area (Å²) in [5.41, 5.74) is 1.01. The van der Waals surface area contributed by atoms with Gasteiger partial charge < -0.3 is 4.98 Å². The molecule has 0 unspecified atom stereocenters. The van der Waals surface area contributed by atoms with Gasteiger partial charge in [0, 0.05) is 31.4 Å². The average molecular weight is 346 g/mol. The van der Waals surface area contributed by atoms with Crippen LogP contribution < -0.4 is 0 Å². The van der Waals surface area contributed by atoms with Crippen LogP contribution in [0.25, 0.3) is 0 Å². The summed E-state index contributed by atoms with van der Waals surface area (Å²) in [7, 11) is 1.76. The molecule has 3 aromatic rings. The number of hydrogen-bond donors (Lipinski definition) is 1. The van der Waals surface area contributed by atoms with Crippen LogP contribution in [0, 0.1) is 5.82 Å². The Kier molecular flexibility index (Phi) is 4.31. The first-order chi connectivity index (χ1) is 11.5. The third-order valence-corrected chi connectivity index (χ3v) is 3.87. The Balaban J connectivity index is 1.82. The van der Waals surface area contributed by atoms with E-state index in [0.717, 1.165) is 5.56 Å². The lowest BCUT2D eigenvalue weighted by atomic mass is 10.0. The number of nitrogens with zero attached hydrogens (tertiary/aromatic N) is 2. The number of benzene rings is 1. The molecule has 2 heterocycles. The summed E-state index contributed by atoms with van der Waals surface area (Å²) in [4.78, 5) is 27.4.